The summed E-state index contributed by atoms with van der Waals surface area (Å²) in [4.78, 5) is 34.4. The van der Waals surface area contributed by atoms with E-state index in [1.54, 1.807) is 0 Å². The molecular formula is C15H17FN2O4. The molecule has 0 unspecified atom stereocenters. The number of benzene rings is 1. The summed E-state index contributed by atoms with van der Waals surface area (Å²) in [5, 5.41) is 13.8. The van der Waals surface area contributed by atoms with Crippen molar-refractivity contribution < 1.29 is 23.9 Å². The molecule has 0 spiro atoms. The third kappa shape index (κ3) is 4.28. The van der Waals surface area contributed by atoms with Crippen LogP contribution in [0.15, 0.2) is 24.3 Å². The normalized spacial score (nSPS) is 20.4. The number of halogens is 1. The summed E-state index contributed by atoms with van der Waals surface area (Å²) >= 11 is 0. The van der Waals surface area contributed by atoms with Gasteiger partial charge in [0.2, 0.25) is 11.8 Å². The molecule has 0 aliphatic heterocycles. The largest absolute Gasteiger partial charge is 0.481 e. The third-order valence-electron chi connectivity index (χ3n) is 3.68. The Kier molecular flexibility index (Phi) is 5.08. The second-order valence-corrected chi connectivity index (χ2v) is 5.32. The van der Waals surface area contributed by atoms with Crippen molar-refractivity contribution >= 4 is 23.5 Å². The van der Waals surface area contributed by atoms with Crippen LogP contribution >= 0.6 is 0 Å². The number of hydrogen-bond acceptors (Lipinski definition) is 3. The first-order valence-corrected chi connectivity index (χ1v) is 7.01. The number of rotatable bonds is 5. The topological polar surface area (TPSA) is 95.5 Å². The van der Waals surface area contributed by atoms with Gasteiger partial charge in [0.05, 0.1) is 12.5 Å². The lowest BCUT2D eigenvalue weighted by molar-refractivity contribution is -0.141. The van der Waals surface area contributed by atoms with Gasteiger partial charge in [0.1, 0.15) is 5.82 Å². The summed E-state index contributed by atoms with van der Waals surface area (Å²) in [5.74, 6) is -3.00. The Bertz CT molecular complexity index is 591. The van der Waals surface area contributed by atoms with E-state index in [0.717, 1.165) is 0 Å². The van der Waals surface area contributed by atoms with Crippen molar-refractivity contribution in [2.45, 2.75) is 19.3 Å². The molecule has 1 aromatic rings. The minimum Gasteiger partial charge on any atom is -0.481 e. The molecule has 1 fully saturated rings. The molecule has 6 nitrogen and oxygen atoms in total. The molecule has 0 aromatic heterocycles. The van der Waals surface area contributed by atoms with Crippen LogP contribution in [0.3, 0.4) is 0 Å². The number of carboxylic acid groups (broad SMARTS) is 1. The summed E-state index contributed by atoms with van der Waals surface area (Å²) in [7, 11) is 0. The van der Waals surface area contributed by atoms with Crippen LogP contribution in [0.2, 0.25) is 0 Å². The second-order valence-electron chi connectivity index (χ2n) is 5.32. The quantitative estimate of drug-likeness (QED) is 0.766. The molecule has 0 radical (unpaired) electrons. The Morgan fingerprint density at radius 1 is 1.23 bits per heavy atom. The Morgan fingerprint density at radius 3 is 2.59 bits per heavy atom. The summed E-state index contributed by atoms with van der Waals surface area (Å²) in [6, 6.07) is 5.44. The van der Waals surface area contributed by atoms with Gasteiger partial charge in [-0.15, -0.1) is 0 Å². The summed E-state index contributed by atoms with van der Waals surface area (Å²) in [5.41, 5.74) is 0.311. The Hall–Kier alpha value is -2.44. The molecule has 1 aliphatic rings. The van der Waals surface area contributed by atoms with E-state index in [0.29, 0.717) is 24.9 Å². The molecule has 118 valence electrons. The zero-order chi connectivity index (χ0) is 16.1. The SMILES string of the molecule is O=C(CNC(=O)[C@H]1CC[C@@H](C(=O)O)C1)Nc1cccc(F)c1. The van der Waals surface area contributed by atoms with Gasteiger partial charge in [-0.25, -0.2) is 4.39 Å². The highest BCUT2D eigenvalue weighted by Crippen LogP contribution is 2.30. The first kappa shape index (κ1) is 15.9. The van der Waals surface area contributed by atoms with Crippen molar-refractivity contribution in [1.82, 2.24) is 5.32 Å². The van der Waals surface area contributed by atoms with E-state index in [2.05, 4.69) is 10.6 Å². The van der Waals surface area contributed by atoms with Gasteiger partial charge in [-0.1, -0.05) is 6.07 Å². The van der Waals surface area contributed by atoms with Gasteiger partial charge >= 0.3 is 5.97 Å². The molecule has 22 heavy (non-hydrogen) atoms. The van der Waals surface area contributed by atoms with Crippen LogP contribution < -0.4 is 10.6 Å². The minimum atomic E-state index is -0.890. The summed E-state index contributed by atoms with van der Waals surface area (Å²) in [6.07, 6.45) is 1.28. The summed E-state index contributed by atoms with van der Waals surface area (Å²) < 4.78 is 13.0. The standard InChI is InChI=1S/C15H17FN2O4/c16-11-2-1-3-12(7-11)18-13(19)8-17-14(20)9-4-5-10(6-9)15(21)22/h1-3,7,9-10H,4-6,8H2,(H,17,20)(H,18,19)(H,21,22)/t9-,10+/m0/s1. The van der Waals surface area contributed by atoms with Gasteiger partial charge in [0.25, 0.3) is 0 Å². The fraction of sp³-hybridized carbons (Fsp3) is 0.400. The van der Waals surface area contributed by atoms with Gasteiger partial charge in [-0.05, 0) is 37.5 Å². The predicted octanol–water partition coefficient (Wildman–Crippen LogP) is 1.38. The summed E-state index contributed by atoms with van der Waals surface area (Å²) in [6.45, 7) is -0.233. The Labute approximate surface area is 126 Å². The fourth-order valence-electron chi connectivity index (χ4n) is 2.53. The van der Waals surface area contributed by atoms with Crippen molar-refractivity contribution in [2.75, 3.05) is 11.9 Å². The average Bonchev–Trinajstić information content (AvgIpc) is 2.95. The predicted molar refractivity (Wildman–Crippen MR) is 76.5 cm³/mol. The zero-order valence-corrected chi connectivity index (χ0v) is 11.8. The van der Waals surface area contributed by atoms with Gasteiger partial charge in [0, 0.05) is 11.6 Å². The lowest BCUT2D eigenvalue weighted by atomic mass is 10.0. The smallest absolute Gasteiger partial charge is 0.306 e. The second kappa shape index (κ2) is 7.02. The van der Waals surface area contributed by atoms with E-state index < -0.39 is 23.6 Å². The van der Waals surface area contributed by atoms with Crippen molar-refractivity contribution in [3.8, 4) is 0 Å². The van der Waals surface area contributed by atoms with Crippen LogP contribution in [0.1, 0.15) is 19.3 Å². The molecule has 7 heteroatoms. The van der Waals surface area contributed by atoms with E-state index in [9.17, 15) is 18.8 Å². The molecule has 1 saturated carbocycles. The van der Waals surface area contributed by atoms with Gasteiger partial charge in [-0.3, -0.25) is 14.4 Å². The molecule has 2 rings (SSSR count). The van der Waals surface area contributed by atoms with E-state index >= 15 is 0 Å². The van der Waals surface area contributed by atoms with Gasteiger partial charge < -0.3 is 15.7 Å². The van der Waals surface area contributed by atoms with Crippen molar-refractivity contribution in [3.63, 3.8) is 0 Å². The van der Waals surface area contributed by atoms with Crippen molar-refractivity contribution in [2.24, 2.45) is 11.8 Å². The lowest BCUT2D eigenvalue weighted by Gasteiger charge is -2.11. The van der Waals surface area contributed by atoms with Gasteiger partial charge in [0.15, 0.2) is 0 Å². The number of anilines is 1. The molecule has 0 bridgehead atoms. The number of amides is 2. The molecule has 0 saturated heterocycles. The third-order valence-corrected chi connectivity index (χ3v) is 3.68. The highest BCUT2D eigenvalue weighted by atomic mass is 19.1. The van der Waals surface area contributed by atoms with Crippen molar-refractivity contribution in [1.29, 1.82) is 0 Å². The number of hydrogen-bond donors (Lipinski definition) is 3. The fourth-order valence-corrected chi connectivity index (χ4v) is 2.53. The molecule has 2 atom stereocenters. The molecule has 0 heterocycles. The van der Waals surface area contributed by atoms with Gasteiger partial charge in [-0.2, -0.15) is 0 Å². The van der Waals surface area contributed by atoms with E-state index in [4.69, 9.17) is 5.11 Å². The average molecular weight is 308 g/mol. The highest BCUT2D eigenvalue weighted by molar-refractivity contribution is 5.94. The number of aliphatic carboxylic acids is 1. The van der Waals surface area contributed by atoms with Crippen LogP contribution in [0.25, 0.3) is 0 Å². The van der Waals surface area contributed by atoms with E-state index in [1.807, 2.05) is 0 Å². The number of nitrogens with one attached hydrogen (secondary N) is 2. The van der Waals surface area contributed by atoms with Crippen LogP contribution in [0, 0.1) is 17.7 Å². The van der Waals surface area contributed by atoms with E-state index in [-0.39, 0.29) is 18.4 Å². The molecule has 2 amide bonds. The first-order chi connectivity index (χ1) is 10.5. The van der Waals surface area contributed by atoms with E-state index in [1.165, 1.54) is 24.3 Å². The maximum absolute atomic E-state index is 13.0. The Balaban J connectivity index is 1.77. The van der Waals surface area contributed by atoms with Crippen LogP contribution in [0.5, 0.6) is 0 Å². The molecule has 1 aliphatic carbocycles. The highest BCUT2D eigenvalue weighted by Gasteiger charge is 2.33. The van der Waals surface area contributed by atoms with Crippen LogP contribution in [0.4, 0.5) is 10.1 Å². The van der Waals surface area contributed by atoms with Crippen LogP contribution in [-0.4, -0.2) is 29.4 Å². The lowest BCUT2D eigenvalue weighted by Crippen LogP contribution is -2.36. The van der Waals surface area contributed by atoms with Crippen LogP contribution in [-0.2, 0) is 14.4 Å². The number of carbonyl (C=O) groups excluding carboxylic acids is 2. The monoisotopic (exact) mass is 308 g/mol. The maximum Gasteiger partial charge on any atom is 0.306 e. The molecular weight excluding hydrogens is 291 g/mol. The Morgan fingerprint density at radius 2 is 1.95 bits per heavy atom. The molecule has 1 aromatic carbocycles. The van der Waals surface area contributed by atoms with Crippen molar-refractivity contribution in [3.05, 3.63) is 30.1 Å². The maximum atomic E-state index is 13.0. The number of carboxylic acids is 1. The number of carbonyl (C=O) groups is 3. The zero-order valence-electron chi connectivity index (χ0n) is 11.8. The molecule has 3 N–H and O–H groups in total. The first-order valence-electron chi connectivity index (χ1n) is 7.01. The minimum absolute atomic E-state index is 0.233.